The zero-order chi connectivity index (χ0) is 21.8. The van der Waals surface area contributed by atoms with Gasteiger partial charge >= 0.3 is 0 Å². The van der Waals surface area contributed by atoms with Crippen molar-refractivity contribution in [3.8, 4) is 5.75 Å². The lowest BCUT2D eigenvalue weighted by Crippen LogP contribution is -2.30. The number of rotatable bonds is 8. The number of ether oxygens (including phenoxy) is 1. The fraction of sp³-hybridized carbons (Fsp3) is 0.250. The van der Waals surface area contributed by atoms with E-state index in [0.29, 0.717) is 23.8 Å². The Morgan fingerprint density at radius 3 is 2.65 bits per heavy atom. The number of aromatic nitrogens is 1. The highest BCUT2D eigenvalue weighted by molar-refractivity contribution is 7.99. The molecule has 0 spiro atoms. The maximum Gasteiger partial charge on any atom is 0.230 e. The summed E-state index contributed by atoms with van der Waals surface area (Å²) in [5.74, 6) is 2.28. The van der Waals surface area contributed by atoms with E-state index in [0.717, 1.165) is 26.6 Å². The number of nitrogens with zero attached hydrogens (tertiary/aromatic N) is 2. The SMILES string of the molecule is COc1ccc(SCCC(=O)N(Cc2ccco2)c2nc3cc(C)c(C)cc3s2)cc1. The first-order chi connectivity index (χ1) is 15.0. The highest BCUT2D eigenvalue weighted by atomic mass is 32.2. The van der Waals surface area contributed by atoms with Gasteiger partial charge in [0.15, 0.2) is 5.13 Å². The van der Waals surface area contributed by atoms with Gasteiger partial charge in [0.05, 0.1) is 30.1 Å². The number of hydrogen-bond acceptors (Lipinski definition) is 6. The van der Waals surface area contributed by atoms with Crippen LogP contribution in [0.15, 0.2) is 64.1 Å². The molecule has 5 nitrogen and oxygen atoms in total. The number of hydrogen-bond donors (Lipinski definition) is 0. The first-order valence-electron chi connectivity index (χ1n) is 10.0. The second-order valence-electron chi connectivity index (χ2n) is 7.23. The fourth-order valence-corrected chi connectivity index (χ4v) is 5.07. The van der Waals surface area contributed by atoms with Crippen LogP contribution in [0, 0.1) is 13.8 Å². The third kappa shape index (κ3) is 5.11. The maximum atomic E-state index is 13.2. The minimum atomic E-state index is 0.0323. The van der Waals surface area contributed by atoms with E-state index in [1.807, 2.05) is 36.4 Å². The molecule has 0 aliphatic heterocycles. The Morgan fingerprint density at radius 1 is 1.16 bits per heavy atom. The average Bonchev–Trinajstić information content (AvgIpc) is 3.42. The number of thioether (sulfide) groups is 1. The van der Waals surface area contributed by atoms with Gasteiger partial charge in [0.25, 0.3) is 0 Å². The summed E-state index contributed by atoms with van der Waals surface area (Å²) in [5, 5.41) is 0.704. The summed E-state index contributed by atoms with van der Waals surface area (Å²) in [6.07, 6.45) is 2.04. The molecule has 4 aromatic rings. The third-order valence-corrected chi connectivity index (χ3v) is 7.12. The lowest BCUT2D eigenvalue weighted by Gasteiger charge is -2.18. The monoisotopic (exact) mass is 452 g/mol. The molecule has 2 aromatic heterocycles. The molecule has 0 fully saturated rings. The number of furan rings is 1. The van der Waals surface area contributed by atoms with Gasteiger partial charge in [0.1, 0.15) is 11.5 Å². The van der Waals surface area contributed by atoms with Crippen LogP contribution >= 0.6 is 23.1 Å². The van der Waals surface area contributed by atoms with Crippen molar-refractivity contribution in [3.05, 3.63) is 71.7 Å². The molecular weight excluding hydrogens is 428 g/mol. The Bertz CT molecular complexity index is 1130. The van der Waals surface area contributed by atoms with Gasteiger partial charge in [-0.05, 0) is 73.5 Å². The molecule has 160 valence electrons. The van der Waals surface area contributed by atoms with Gasteiger partial charge in [-0.25, -0.2) is 4.98 Å². The first-order valence-corrected chi connectivity index (χ1v) is 11.8. The highest BCUT2D eigenvalue weighted by Crippen LogP contribution is 2.32. The van der Waals surface area contributed by atoms with Crippen LogP contribution in [-0.4, -0.2) is 23.8 Å². The molecule has 0 unspecified atom stereocenters. The molecular formula is C24H24N2O3S2. The zero-order valence-corrected chi connectivity index (χ0v) is 19.4. The van der Waals surface area contributed by atoms with Gasteiger partial charge in [-0.3, -0.25) is 9.69 Å². The van der Waals surface area contributed by atoms with Crippen LogP contribution in [0.3, 0.4) is 0 Å². The zero-order valence-electron chi connectivity index (χ0n) is 17.8. The van der Waals surface area contributed by atoms with E-state index in [2.05, 4.69) is 26.0 Å². The van der Waals surface area contributed by atoms with Gasteiger partial charge in [0.2, 0.25) is 5.91 Å². The summed E-state index contributed by atoms with van der Waals surface area (Å²) < 4.78 is 11.8. The summed E-state index contributed by atoms with van der Waals surface area (Å²) >= 11 is 3.20. The van der Waals surface area contributed by atoms with Crippen molar-refractivity contribution in [1.82, 2.24) is 4.98 Å². The third-order valence-electron chi connectivity index (χ3n) is 5.06. The number of fused-ring (bicyclic) bond motifs is 1. The highest BCUT2D eigenvalue weighted by Gasteiger charge is 2.21. The topological polar surface area (TPSA) is 55.6 Å². The first kappa shape index (κ1) is 21.5. The predicted molar refractivity (Wildman–Crippen MR) is 127 cm³/mol. The standard InChI is InChI=1S/C24H24N2O3S2/c1-16-13-21-22(14-17(16)2)31-24(25-21)26(15-19-5-4-11-29-19)23(27)10-12-30-20-8-6-18(28-3)7-9-20/h4-9,11,13-14H,10,12,15H2,1-3H3. The minimum Gasteiger partial charge on any atom is -0.497 e. The van der Waals surface area contributed by atoms with E-state index in [4.69, 9.17) is 14.1 Å². The van der Waals surface area contributed by atoms with Crippen LogP contribution in [0.5, 0.6) is 5.75 Å². The fourth-order valence-electron chi connectivity index (χ4n) is 3.17. The second-order valence-corrected chi connectivity index (χ2v) is 9.41. The molecule has 0 aliphatic rings. The lowest BCUT2D eigenvalue weighted by atomic mass is 10.1. The number of carbonyl (C=O) groups is 1. The summed E-state index contributed by atoms with van der Waals surface area (Å²) in [6.45, 7) is 4.54. The van der Waals surface area contributed by atoms with Gasteiger partial charge in [0, 0.05) is 17.1 Å². The van der Waals surface area contributed by atoms with Crippen molar-refractivity contribution >= 4 is 44.4 Å². The molecule has 1 amide bonds. The molecule has 0 saturated carbocycles. The smallest absolute Gasteiger partial charge is 0.230 e. The molecule has 7 heteroatoms. The average molecular weight is 453 g/mol. The lowest BCUT2D eigenvalue weighted by molar-refractivity contribution is -0.118. The molecule has 0 bridgehead atoms. The van der Waals surface area contributed by atoms with Crippen molar-refractivity contribution < 1.29 is 13.9 Å². The normalized spacial score (nSPS) is 11.1. The van der Waals surface area contributed by atoms with Crippen LogP contribution in [-0.2, 0) is 11.3 Å². The van der Waals surface area contributed by atoms with Gasteiger partial charge in [-0.15, -0.1) is 11.8 Å². The number of aryl methyl sites for hydroxylation is 2. The number of methoxy groups -OCH3 is 1. The van der Waals surface area contributed by atoms with E-state index in [9.17, 15) is 4.79 Å². The number of anilines is 1. The Kier molecular flexibility index (Phi) is 6.63. The van der Waals surface area contributed by atoms with E-state index in [1.165, 1.54) is 11.1 Å². The number of amides is 1. The van der Waals surface area contributed by atoms with Crippen LogP contribution in [0.25, 0.3) is 10.2 Å². The second kappa shape index (κ2) is 9.58. The quantitative estimate of drug-likeness (QED) is 0.297. The molecule has 0 atom stereocenters. The van der Waals surface area contributed by atoms with Crippen LogP contribution in [0.2, 0.25) is 0 Å². The van der Waals surface area contributed by atoms with E-state index in [1.54, 1.807) is 41.4 Å². The van der Waals surface area contributed by atoms with Gasteiger partial charge in [-0.2, -0.15) is 0 Å². The van der Waals surface area contributed by atoms with Gasteiger partial charge in [-0.1, -0.05) is 11.3 Å². The molecule has 31 heavy (non-hydrogen) atoms. The predicted octanol–water partition coefficient (Wildman–Crippen LogP) is 6.23. The van der Waals surface area contributed by atoms with Crippen molar-refractivity contribution in [2.75, 3.05) is 17.8 Å². The van der Waals surface area contributed by atoms with E-state index < -0.39 is 0 Å². The summed E-state index contributed by atoms with van der Waals surface area (Å²) in [4.78, 5) is 20.8. The Balaban J connectivity index is 1.50. The van der Waals surface area contributed by atoms with Crippen LogP contribution < -0.4 is 9.64 Å². The van der Waals surface area contributed by atoms with E-state index >= 15 is 0 Å². The summed E-state index contributed by atoms with van der Waals surface area (Å²) in [7, 11) is 1.65. The van der Waals surface area contributed by atoms with Crippen molar-refractivity contribution in [2.45, 2.75) is 31.7 Å². The Morgan fingerprint density at radius 2 is 1.94 bits per heavy atom. The summed E-state index contributed by atoms with van der Waals surface area (Å²) in [6, 6.07) is 15.8. The molecule has 2 heterocycles. The van der Waals surface area contributed by atoms with Crippen LogP contribution in [0.4, 0.5) is 5.13 Å². The minimum absolute atomic E-state index is 0.0323. The Hall–Kier alpha value is -2.77. The molecule has 2 aromatic carbocycles. The van der Waals surface area contributed by atoms with Crippen molar-refractivity contribution in [1.29, 1.82) is 0 Å². The molecule has 4 rings (SSSR count). The number of benzene rings is 2. The number of carbonyl (C=O) groups excluding carboxylic acids is 1. The molecule has 0 radical (unpaired) electrons. The molecule has 0 N–H and O–H groups in total. The van der Waals surface area contributed by atoms with Gasteiger partial charge < -0.3 is 9.15 Å². The molecule has 0 aliphatic carbocycles. The van der Waals surface area contributed by atoms with Crippen molar-refractivity contribution in [2.24, 2.45) is 0 Å². The van der Waals surface area contributed by atoms with E-state index in [-0.39, 0.29) is 5.91 Å². The number of thiazole rings is 1. The van der Waals surface area contributed by atoms with Crippen molar-refractivity contribution in [3.63, 3.8) is 0 Å². The summed E-state index contributed by atoms with van der Waals surface area (Å²) in [5.41, 5.74) is 3.35. The maximum absolute atomic E-state index is 13.2. The largest absolute Gasteiger partial charge is 0.497 e. The van der Waals surface area contributed by atoms with Crippen LogP contribution in [0.1, 0.15) is 23.3 Å². The Labute approximate surface area is 190 Å². The molecule has 0 saturated heterocycles.